The smallest absolute Gasteiger partial charge is 0.0578 e. The average molecular weight is 288 g/mol. The summed E-state index contributed by atoms with van der Waals surface area (Å²) in [5.74, 6) is 0. The highest BCUT2D eigenvalue weighted by molar-refractivity contribution is 5.67. The van der Waals surface area contributed by atoms with Crippen LogP contribution in [0.25, 0.3) is 0 Å². The Labute approximate surface area is 128 Å². The molecule has 4 nitrogen and oxygen atoms in total. The number of anilines is 2. The van der Waals surface area contributed by atoms with Crippen molar-refractivity contribution in [1.29, 1.82) is 0 Å². The van der Waals surface area contributed by atoms with Crippen molar-refractivity contribution >= 4 is 11.4 Å². The molecule has 0 radical (unpaired) electrons. The van der Waals surface area contributed by atoms with Gasteiger partial charge in [-0.1, -0.05) is 6.07 Å². The lowest BCUT2D eigenvalue weighted by Gasteiger charge is -2.43. The summed E-state index contributed by atoms with van der Waals surface area (Å²) >= 11 is 0. The number of nitrogen functional groups attached to an aromatic ring is 1. The third kappa shape index (κ3) is 3.16. The lowest BCUT2D eigenvalue weighted by atomic mass is 9.94. The molecule has 21 heavy (non-hydrogen) atoms. The van der Waals surface area contributed by atoms with Crippen molar-refractivity contribution in [2.24, 2.45) is 0 Å². The molecule has 3 rings (SSSR count). The second kappa shape index (κ2) is 5.85. The molecule has 0 bridgehead atoms. The number of likely N-dealkylation sites (tertiary alicyclic amines) is 1. The van der Waals surface area contributed by atoms with E-state index in [-0.39, 0.29) is 0 Å². The van der Waals surface area contributed by atoms with Crippen molar-refractivity contribution in [3.63, 3.8) is 0 Å². The monoisotopic (exact) mass is 288 g/mol. The van der Waals surface area contributed by atoms with Crippen molar-refractivity contribution in [3.8, 4) is 0 Å². The second-order valence-corrected chi connectivity index (χ2v) is 6.92. The minimum absolute atomic E-state index is 0.368. The second-order valence-electron chi connectivity index (χ2n) is 6.92. The molecule has 4 heteroatoms. The highest BCUT2D eigenvalue weighted by Crippen LogP contribution is 2.28. The van der Waals surface area contributed by atoms with Crippen LogP contribution in [0, 0.1) is 6.92 Å². The van der Waals surface area contributed by atoms with Crippen molar-refractivity contribution in [2.75, 3.05) is 37.2 Å². The van der Waals surface area contributed by atoms with E-state index < -0.39 is 0 Å². The predicted molar refractivity (Wildman–Crippen MR) is 89.7 cm³/mol. The van der Waals surface area contributed by atoms with Crippen LogP contribution in [0.15, 0.2) is 18.2 Å². The Bertz CT molecular complexity index is 486. The Hall–Kier alpha value is -1.26. The molecule has 1 aromatic carbocycles. The fourth-order valence-corrected chi connectivity index (χ4v) is 3.65. The number of nitrogens with one attached hydrogen (secondary N) is 2. The van der Waals surface area contributed by atoms with Gasteiger partial charge in [0.2, 0.25) is 0 Å². The fraction of sp³-hybridized carbons (Fsp3) is 0.647. The van der Waals surface area contributed by atoms with Gasteiger partial charge in [-0.25, -0.2) is 0 Å². The number of benzene rings is 1. The van der Waals surface area contributed by atoms with Gasteiger partial charge in [0.1, 0.15) is 0 Å². The van der Waals surface area contributed by atoms with E-state index in [1.54, 1.807) is 0 Å². The topological polar surface area (TPSA) is 53.3 Å². The third-order valence-electron chi connectivity index (χ3n) is 5.17. The Kier molecular flexibility index (Phi) is 4.09. The molecule has 2 aliphatic heterocycles. The van der Waals surface area contributed by atoms with E-state index >= 15 is 0 Å². The first-order chi connectivity index (χ1) is 10.1. The summed E-state index contributed by atoms with van der Waals surface area (Å²) in [5, 5.41) is 7.15. The first-order valence-corrected chi connectivity index (χ1v) is 8.15. The molecule has 2 heterocycles. The molecule has 2 saturated heterocycles. The van der Waals surface area contributed by atoms with Gasteiger partial charge in [0.15, 0.2) is 0 Å². The first-order valence-electron chi connectivity index (χ1n) is 8.15. The Morgan fingerprint density at radius 2 is 2.10 bits per heavy atom. The normalized spacial score (nSPS) is 27.9. The maximum Gasteiger partial charge on any atom is 0.0578 e. The van der Waals surface area contributed by atoms with Gasteiger partial charge in [0.05, 0.1) is 11.4 Å². The number of hydrogen-bond acceptors (Lipinski definition) is 4. The van der Waals surface area contributed by atoms with Crippen LogP contribution in [0.5, 0.6) is 0 Å². The summed E-state index contributed by atoms with van der Waals surface area (Å²) < 4.78 is 0. The Morgan fingerprint density at radius 3 is 2.76 bits per heavy atom. The van der Waals surface area contributed by atoms with Gasteiger partial charge in [0, 0.05) is 31.2 Å². The van der Waals surface area contributed by atoms with Crippen molar-refractivity contribution in [3.05, 3.63) is 23.8 Å². The number of nitrogens with zero attached hydrogens (tertiary/aromatic N) is 1. The van der Waals surface area contributed by atoms with E-state index in [2.05, 4.69) is 41.5 Å². The van der Waals surface area contributed by atoms with Crippen molar-refractivity contribution in [2.45, 2.75) is 44.7 Å². The molecule has 1 aromatic rings. The number of nitrogens with two attached hydrogens (primary N) is 1. The Morgan fingerprint density at radius 1 is 1.33 bits per heavy atom. The molecule has 116 valence electrons. The van der Waals surface area contributed by atoms with E-state index in [1.807, 2.05) is 6.07 Å². The molecular formula is C17H28N4. The molecule has 1 atom stereocenters. The maximum absolute atomic E-state index is 6.07. The number of aryl methyl sites for hydroxylation is 1. The minimum Gasteiger partial charge on any atom is -0.397 e. The van der Waals surface area contributed by atoms with Crippen LogP contribution >= 0.6 is 0 Å². The third-order valence-corrected chi connectivity index (χ3v) is 5.17. The zero-order valence-corrected chi connectivity index (χ0v) is 13.3. The zero-order chi connectivity index (χ0) is 14.9. The maximum atomic E-state index is 6.07. The number of rotatable bonds is 3. The summed E-state index contributed by atoms with van der Waals surface area (Å²) in [6.45, 7) is 9.17. The molecule has 0 aliphatic carbocycles. The first kappa shape index (κ1) is 14.7. The van der Waals surface area contributed by atoms with E-state index in [0.29, 0.717) is 11.6 Å². The molecule has 2 aliphatic rings. The number of piperidine rings is 1. The molecule has 0 spiro atoms. The van der Waals surface area contributed by atoms with Gasteiger partial charge < -0.3 is 16.4 Å². The van der Waals surface area contributed by atoms with Gasteiger partial charge in [-0.3, -0.25) is 4.90 Å². The highest BCUT2D eigenvalue weighted by Gasteiger charge is 2.36. The van der Waals surface area contributed by atoms with Crippen LogP contribution in [0.1, 0.15) is 31.7 Å². The molecule has 1 unspecified atom stereocenters. The largest absolute Gasteiger partial charge is 0.397 e. The van der Waals surface area contributed by atoms with E-state index in [0.717, 1.165) is 24.5 Å². The molecule has 2 fully saturated rings. The van der Waals surface area contributed by atoms with E-state index in [1.165, 1.54) is 37.9 Å². The van der Waals surface area contributed by atoms with Crippen molar-refractivity contribution in [1.82, 2.24) is 10.2 Å². The minimum atomic E-state index is 0.368. The van der Waals surface area contributed by atoms with Gasteiger partial charge in [-0.05, 0) is 57.4 Å². The van der Waals surface area contributed by atoms with Crippen LogP contribution < -0.4 is 16.4 Å². The molecular weight excluding hydrogens is 260 g/mol. The predicted octanol–water partition coefficient (Wildman–Crippen LogP) is 2.21. The molecule has 0 aromatic heterocycles. The highest BCUT2D eigenvalue weighted by atomic mass is 15.2. The van der Waals surface area contributed by atoms with Gasteiger partial charge in [0.25, 0.3) is 0 Å². The summed E-state index contributed by atoms with van der Waals surface area (Å²) in [4.78, 5) is 2.67. The summed E-state index contributed by atoms with van der Waals surface area (Å²) in [7, 11) is 0. The van der Waals surface area contributed by atoms with Crippen LogP contribution in [0.2, 0.25) is 0 Å². The lowest BCUT2D eigenvalue weighted by Crippen LogP contribution is -2.52. The number of hydrogen-bond donors (Lipinski definition) is 3. The average Bonchev–Trinajstić information content (AvgIpc) is 2.92. The standard InChI is InChI=1S/C17H28N4/c1-13-3-4-15(18)16(11-13)20-14-5-9-21(10-6-14)17(2)7-8-19-12-17/h3-4,11,14,19-20H,5-10,12,18H2,1-2H3. The summed E-state index contributed by atoms with van der Waals surface area (Å²) in [6, 6.07) is 6.77. The molecule has 0 saturated carbocycles. The zero-order valence-electron chi connectivity index (χ0n) is 13.3. The molecule has 4 N–H and O–H groups in total. The van der Waals surface area contributed by atoms with Crippen LogP contribution in [-0.2, 0) is 0 Å². The van der Waals surface area contributed by atoms with Gasteiger partial charge in [-0.15, -0.1) is 0 Å². The summed E-state index contributed by atoms with van der Waals surface area (Å²) in [5.41, 5.74) is 9.66. The van der Waals surface area contributed by atoms with Gasteiger partial charge >= 0.3 is 0 Å². The fourth-order valence-electron chi connectivity index (χ4n) is 3.65. The van der Waals surface area contributed by atoms with Gasteiger partial charge in [-0.2, -0.15) is 0 Å². The quantitative estimate of drug-likeness (QED) is 0.747. The summed E-state index contributed by atoms with van der Waals surface area (Å²) in [6.07, 6.45) is 3.67. The Balaban J connectivity index is 1.57. The van der Waals surface area contributed by atoms with E-state index in [9.17, 15) is 0 Å². The van der Waals surface area contributed by atoms with Crippen molar-refractivity contribution < 1.29 is 0 Å². The van der Waals surface area contributed by atoms with E-state index in [4.69, 9.17) is 5.73 Å². The molecule has 0 amide bonds. The van der Waals surface area contributed by atoms with Crippen LogP contribution in [0.3, 0.4) is 0 Å². The lowest BCUT2D eigenvalue weighted by molar-refractivity contribution is 0.0922. The van der Waals surface area contributed by atoms with Crippen LogP contribution in [0.4, 0.5) is 11.4 Å². The SMILES string of the molecule is Cc1ccc(N)c(NC2CCN(C3(C)CCNC3)CC2)c1. The van der Waals surface area contributed by atoms with Crippen LogP contribution in [-0.4, -0.2) is 42.7 Å².